The average molecular weight is 476 g/mol. The maximum Gasteiger partial charge on any atom is 0.333 e. The van der Waals surface area contributed by atoms with E-state index in [0.29, 0.717) is 16.1 Å². The van der Waals surface area contributed by atoms with Crippen molar-refractivity contribution in [3.63, 3.8) is 0 Å². The van der Waals surface area contributed by atoms with E-state index in [1.165, 1.54) is 4.31 Å². The number of carboxylic acids is 1. The van der Waals surface area contributed by atoms with Gasteiger partial charge in [-0.15, -0.1) is 0 Å². The number of aliphatic carboxylic acids is 1. The van der Waals surface area contributed by atoms with Crippen molar-refractivity contribution in [1.82, 2.24) is 4.31 Å². The second-order valence-electron chi connectivity index (χ2n) is 9.71. The van der Waals surface area contributed by atoms with Gasteiger partial charge < -0.3 is 5.11 Å². The Hall–Kier alpha value is -2.15. The van der Waals surface area contributed by atoms with Gasteiger partial charge in [0.15, 0.2) is 0 Å². The Morgan fingerprint density at radius 3 is 2.25 bits per heavy atom. The van der Waals surface area contributed by atoms with Crippen LogP contribution in [0, 0.1) is 18.3 Å². The lowest BCUT2D eigenvalue weighted by molar-refractivity contribution is -0.133. The molecule has 1 aliphatic heterocycles. The third-order valence-electron chi connectivity index (χ3n) is 5.79. The number of rotatable bonds is 6. The summed E-state index contributed by atoms with van der Waals surface area (Å²) in [6.45, 7) is 10.0. The fourth-order valence-electron chi connectivity index (χ4n) is 4.58. The second-order valence-corrected chi connectivity index (χ2v) is 12.0. The van der Waals surface area contributed by atoms with Gasteiger partial charge >= 0.3 is 5.97 Å². The lowest BCUT2D eigenvalue weighted by Gasteiger charge is -2.36. The van der Waals surface area contributed by atoms with Crippen molar-refractivity contribution in [2.24, 2.45) is 11.3 Å². The normalized spacial score (nSPS) is 20.8. The van der Waals surface area contributed by atoms with Crippen molar-refractivity contribution in [3.8, 4) is 0 Å². The topological polar surface area (TPSA) is 74.7 Å². The molecule has 1 aliphatic rings. The SMILES string of the molecule is Cc1ccccc1S(=O)(=O)N1C(c2ccc(Cl)cc2)C(C(=O)O)=C[C@H]1C(C)CC(C)(C)C. The first kappa shape index (κ1) is 24.5. The zero-order valence-electron chi connectivity index (χ0n) is 19.0. The molecule has 172 valence electrons. The smallest absolute Gasteiger partial charge is 0.333 e. The summed E-state index contributed by atoms with van der Waals surface area (Å²) in [6.07, 6.45) is 2.35. The average Bonchev–Trinajstić information content (AvgIpc) is 3.09. The van der Waals surface area contributed by atoms with Gasteiger partial charge in [-0.1, -0.05) is 75.7 Å². The summed E-state index contributed by atoms with van der Waals surface area (Å²) in [7, 11) is -4.01. The number of benzene rings is 2. The largest absolute Gasteiger partial charge is 0.478 e. The zero-order valence-corrected chi connectivity index (χ0v) is 20.6. The summed E-state index contributed by atoms with van der Waals surface area (Å²) in [5.74, 6) is -1.22. The van der Waals surface area contributed by atoms with Crippen molar-refractivity contribution in [2.45, 2.75) is 58.0 Å². The molecule has 0 bridgehead atoms. The molecule has 2 unspecified atom stereocenters. The van der Waals surface area contributed by atoms with E-state index in [1.54, 1.807) is 61.5 Å². The minimum absolute atomic E-state index is 0.0485. The van der Waals surface area contributed by atoms with Gasteiger partial charge in [-0.3, -0.25) is 0 Å². The standard InChI is InChI=1S/C25H30ClNO4S/c1-16-8-6-7-9-22(16)32(30,31)27-21(17(2)15-25(3,4)5)14-20(24(28)29)23(27)18-10-12-19(26)13-11-18/h6-14,17,21,23H,15H2,1-5H3,(H,28,29)/t17?,21-,23?/m0/s1. The number of carbonyl (C=O) groups is 1. The number of carboxylic acid groups (broad SMARTS) is 1. The van der Waals surface area contributed by atoms with E-state index in [9.17, 15) is 18.3 Å². The summed E-state index contributed by atoms with van der Waals surface area (Å²) in [5.41, 5.74) is 1.21. The van der Waals surface area contributed by atoms with Crippen LogP contribution in [0.4, 0.5) is 0 Å². The van der Waals surface area contributed by atoms with Crippen LogP contribution in [0.3, 0.4) is 0 Å². The lowest BCUT2D eigenvalue weighted by Crippen LogP contribution is -2.43. The van der Waals surface area contributed by atoms with Gasteiger partial charge in [0.25, 0.3) is 0 Å². The molecule has 0 aromatic heterocycles. The van der Waals surface area contributed by atoms with E-state index in [0.717, 1.165) is 6.42 Å². The molecule has 0 aliphatic carbocycles. The first-order chi connectivity index (χ1) is 14.8. The second kappa shape index (κ2) is 9.00. The molecule has 0 fully saturated rings. The van der Waals surface area contributed by atoms with Crippen LogP contribution in [0.5, 0.6) is 0 Å². The molecule has 1 heterocycles. The van der Waals surface area contributed by atoms with E-state index in [4.69, 9.17) is 11.6 Å². The Kier molecular flexibility index (Phi) is 6.89. The predicted octanol–water partition coefficient (Wildman–Crippen LogP) is 5.85. The fraction of sp³-hybridized carbons (Fsp3) is 0.400. The quantitative estimate of drug-likeness (QED) is 0.569. The number of sulfonamides is 1. The molecule has 1 N–H and O–H groups in total. The minimum Gasteiger partial charge on any atom is -0.478 e. The zero-order chi connectivity index (χ0) is 23.8. The summed E-state index contributed by atoms with van der Waals surface area (Å²) in [5, 5.41) is 10.5. The van der Waals surface area contributed by atoms with Gasteiger partial charge in [-0.05, 0) is 54.0 Å². The highest BCUT2D eigenvalue weighted by Gasteiger charge is 2.48. The maximum atomic E-state index is 14.0. The van der Waals surface area contributed by atoms with Crippen LogP contribution in [0.15, 0.2) is 65.1 Å². The summed E-state index contributed by atoms with van der Waals surface area (Å²) in [6, 6.07) is 12.0. The molecule has 2 aromatic carbocycles. The van der Waals surface area contributed by atoms with Gasteiger partial charge in [0.05, 0.1) is 16.5 Å². The molecule has 0 amide bonds. The molecule has 0 radical (unpaired) electrons. The van der Waals surface area contributed by atoms with Crippen LogP contribution >= 0.6 is 11.6 Å². The summed E-state index contributed by atoms with van der Waals surface area (Å²) < 4.78 is 29.4. The third kappa shape index (κ3) is 4.92. The molecule has 3 atom stereocenters. The highest BCUT2D eigenvalue weighted by molar-refractivity contribution is 7.89. The van der Waals surface area contributed by atoms with Crippen LogP contribution in [0.25, 0.3) is 0 Å². The van der Waals surface area contributed by atoms with E-state index >= 15 is 0 Å². The molecule has 32 heavy (non-hydrogen) atoms. The molecular formula is C25H30ClNO4S. The molecule has 2 aromatic rings. The Morgan fingerprint density at radius 2 is 1.72 bits per heavy atom. The highest BCUT2D eigenvalue weighted by atomic mass is 35.5. The number of hydrogen-bond donors (Lipinski definition) is 1. The lowest BCUT2D eigenvalue weighted by atomic mass is 9.82. The van der Waals surface area contributed by atoms with E-state index < -0.39 is 28.1 Å². The van der Waals surface area contributed by atoms with Gasteiger partial charge in [-0.25, -0.2) is 13.2 Å². The maximum absolute atomic E-state index is 14.0. The molecule has 0 saturated carbocycles. The Balaban J connectivity index is 2.23. The molecule has 7 heteroatoms. The number of aryl methyl sites for hydroxylation is 1. The van der Waals surface area contributed by atoms with E-state index in [2.05, 4.69) is 20.8 Å². The van der Waals surface area contributed by atoms with E-state index in [1.807, 2.05) is 6.92 Å². The van der Waals surface area contributed by atoms with E-state index in [-0.39, 0.29) is 21.8 Å². The van der Waals surface area contributed by atoms with Crippen LogP contribution in [0.2, 0.25) is 5.02 Å². The Bertz CT molecular complexity index is 1130. The van der Waals surface area contributed by atoms with Crippen molar-refractivity contribution < 1.29 is 18.3 Å². The summed E-state index contributed by atoms with van der Waals surface area (Å²) in [4.78, 5) is 12.5. The van der Waals surface area contributed by atoms with Crippen molar-refractivity contribution in [1.29, 1.82) is 0 Å². The Labute approximate surface area is 195 Å². The van der Waals surface area contributed by atoms with Gasteiger partial charge in [-0.2, -0.15) is 4.31 Å². The van der Waals surface area contributed by atoms with Gasteiger partial charge in [0.1, 0.15) is 0 Å². The molecular weight excluding hydrogens is 446 g/mol. The van der Waals surface area contributed by atoms with Crippen LogP contribution in [-0.4, -0.2) is 29.8 Å². The molecule has 5 nitrogen and oxygen atoms in total. The predicted molar refractivity (Wildman–Crippen MR) is 127 cm³/mol. The van der Waals surface area contributed by atoms with Crippen molar-refractivity contribution in [2.75, 3.05) is 0 Å². The van der Waals surface area contributed by atoms with Crippen LogP contribution in [0.1, 0.15) is 51.3 Å². The van der Waals surface area contributed by atoms with Crippen LogP contribution in [-0.2, 0) is 14.8 Å². The van der Waals surface area contributed by atoms with Crippen molar-refractivity contribution in [3.05, 3.63) is 76.3 Å². The van der Waals surface area contributed by atoms with Crippen LogP contribution < -0.4 is 0 Å². The first-order valence-electron chi connectivity index (χ1n) is 10.6. The molecule has 0 spiro atoms. The molecule has 0 saturated heterocycles. The monoisotopic (exact) mass is 475 g/mol. The molecule has 3 rings (SSSR count). The number of hydrogen-bond acceptors (Lipinski definition) is 3. The summed E-state index contributed by atoms with van der Waals surface area (Å²) >= 11 is 6.05. The first-order valence-corrected chi connectivity index (χ1v) is 12.4. The fourth-order valence-corrected chi connectivity index (χ4v) is 6.76. The van der Waals surface area contributed by atoms with Crippen molar-refractivity contribution >= 4 is 27.6 Å². The number of nitrogens with zero attached hydrogens (tertiary/aromatic N) is 1. The van der Waals surface area contributed by atoms with Gasteiger partial charge in [0, 0.05) is 11.1 Å². The Morgan fingerprint density at radius 1 is 1.12 bits per heavy atom. The number of halogens is 1. The minimum atomic E-state index is -4.01. The third-order valence-corrected chi connectivity index (χ3v) is 8.07. The highest BCUT2D eigenvalue weighted by Crippen LogP contribution is 2.45. The van der Waals surface area contributed by atoms with Gasteiger partial charge in [0.2, 0.25) is 10.0 Å².